The summed E-state index contributed by atoms with van der Waals surface area (Å²) in [5, 5.41) is 10.6. The van der Waals surface area contributed by atoms with E-state index in [4.69, 9.17) is 14.6 Å². The van der Waals surface area contributed by atoms with Crippen molar-refractivity contribution in [3.8, 4) is 0 Å². The van der Waals surface area contributed by atoms with Crippen LogP contribution in [0.2, 0.25) is 0 Å². The van der Waals surface area contributed by atoms with E-state index in [0.717, 1.165) is 44.3 Å². The Morgan fingerprint density at radius 1 is 1.33 bits per heavy atom. The molecule has 0 amide bonds. The number of nitrogens with zero attached hydrogens (tertiary/aromatic N) is 1. The van der Waals surface area contributed by atoms with Gasteiger partial charge in [0.1, 0.15) is 0 Å². The summed E-state index contributed by atoms with van der Waals surface area (Å²) < 4.78 is 10.2. The maximum Gasteiger partial charge on any atom is 0.328 e. The minimum absolute atomic E-state index is 0.699. The van der Waals surface area contributed by atoms with Gasteiger partial charge >= 0.3 is 5.97 Å². The highest BCUT2D eigenvalue weighted by Crippen LogP contribution is 2.18. The van der Waals surface area contributed by atoms with Gasteiger partial charge in [-0.25, -0.2) is 4.79 Å². The number of aliphatic carboxylic acids is 1. The summed E-state index contributed by atoms with van der Waals surface area (Å²) in [6.45, 7) is 4.12. The lowest BCUT2D eigenvalue weighted by Crippen LogP contribution is -2.28. The van der Waals surface area contributed by atoms with Crippen LogP contribution in [-0.4, -0.2) is 56.5 Å². The van der Waals surface area contributed by atoms with E-state index < -0.39 is 5.97 Å². The van der Waals surface area contributed by atoms with Crippen LogP contribution in [0.15, 0.2) is 17.5 Å². The molecule has 0 aromatic carbocycles. The Bertz CT molecular complexity index is 445. The van der Waals surface area contributed by atoms with Gasteiger partial charge in [0.2, 0.25) is 0 Å². The predicted molar refractivity (Wildman–Crippen MR) is 84.6 cm³/mol. The van der Waals surface area contributed by atoms with Crippen molar-refractivity contribution in [3.63, 3.8) is 0 Å². The summed E-state index contributed by atoms with van der Waals surface area (Å²) in [5.74, 6) is -0.927. The Balaban J connectivity index is 2.54. The summed E-state index contributed by atoms with van der Waals surface area (Å²) in [6, 6.07) is 2.03. The second kappa shape index (κ2) is 10.5. The molecule has 6 heteroatoms. The number of ether oxygens (including phenoxy) is 2. The zero-order valence-corrected chi connectivity index (χ0v) is 13.4. The molecule has 0 fully saturated rings. The minimum Gasteiger partial charge on any atom is -0.478 e. The molecule has 1 aromatic rings. The highest BCUT2D eigenvalue weighted by molar-refractivity contribution is 7.10. The first-order valence-electron chi connectivity index (χ1n) is 6.84. The van der Waals surface area contributed by atoms with E-state index in [0.29, 0.717) is 6.61 Å². The molecule has 118 valence electrons. The van der Waals surface area contributed by atoms with Gasteiger partial charge in [0, 0.05) is 51.4 Å². The SMILES string of the molecule is COCCCN(CCOC)Cc1cc(C=CC(=O)O)cs1. The van der Waals surface area contributed by atoms with E-state index in [1.807, 2.05) is 11.4 Å². The quantitative estimate of drug-likeness (QED) is 0.502. The summed E-state index contributed by atoms with van der Waals surface area (Å²) in [6.07, 6.45) is 3.76. The van der Waals surface area contributed by atoms with Crippen LogP contribution in [0.1, 0.15) is 16.9 Å². The van der Waals surface area contributed by atoms with Crippen molar-refractivity contribution in [1.82, 2.24) is 4.90 Å². The van der Waals surface area contributed by atoms with Crippen molar-refractivity contribution in [2.24, 2.45) is 0 Å². The topological polar surface area (TPSA) is 59.0 Å². The number of thiophene rings is 1. The van der Waals surface area contributed by atoms with Crippen molar-refractivity contribution in [1.29, 1.82) is 0 Å². The smallest absolute Gasteiger partial charge is 0.328 e. The fraction of sp³-hybridized carbons (Fsp3) is 0.533. The second-order valence-corrected chi connectivity index (χ2v) is 5.63. The van der Waals surface area contributed by atoms with Crippen molar-refractivity contribution in [2.45, 2.75) is 13.0 Å². The Labute approximate surface area is 129 Å². The summed E-state index contributed by atoms with van der Waals surface area (Å²) in [4.78, 5) is 14.0. The van der Waals surface area contributed by atoms with Crippen LogP contribution < -0.4 is 0 Å². The molecule has 1 N–H and O–H groups in total. The van der Waals surface area contributed by atoms with Crippen LogP contribution in [0.25, 0.3) is 6.08 Å². The minimum atomic E-state index is -0.927. The van der Waals surface area contributed by atoms with E-state index >= 15 is 0 Å². The van der Waals surface area contributed by atoms with Crippen molar-refractivity contribution < 1.29 is 19.4 Å². The fourth-order valence-electron chi connectivity index (χ4n) is 1.88. The summed E-state index contributed by atoms with van der Waals surface area (Å²) >= 11 is 1.64. The van der Waals surface area contributed by atoms with Crippen molar-refractivity contribution in [2.75, 3.05) is 40.5 Å². The maximum atomic E-state index is 10.5. The number of carboxylic acid groups (broad SMARTS) is 1. The fourth-order valence-corrected chi connectivity index (χ4v) is 2.77. The first kappa shape index (κ1) is 17.8. The average molecular weight is 313 g/mol. The zero-order valence-electron chi connectivity index (χ0n) is 12.6. The van der Waals surface area contributed by atoms with E-state index in [9.17, 15) is 4.79 Å². The van der Waals surface area contributed by atoms with Crippen LogP contribution in [0.5, 0.6) is 0 Å². The summed E-state index contributed by atoms with van der Waals surface area (Å²) in [7, 11) is 3.41. The van der Waals surface area contributed by atoms with Gasteiger partial charge in [-0.05, 0) is 29.5 Å². The van der Waals surface area contributed by atoms with Gasteiger partial charge in [0.05, 0.1) is 6.61 Å². The number of hydrogen-bond donors (Lipinski definition) is 1. The lowest BCUT2D eigenvalue weighted by atomic mass is 10.2. The predicted octanol–water partition coefficient (Wildman–Crippen LogP) is 2.33. The molecule has 0 atom stereocenters. The van der Waals surface area contributed by atoms with Crippen molar-refractivity contribution in [3.05, 3.63) is 28.0 Å². The molecule has 0 aliphatic rings. The molecule has 0 saturated heterocycles. The Morgan fingerprint density at radius 2 is 2.10 bits per heavy atom. The molecule has 1 heterocycles. The van der Waals surface area contributed by atoms with Crippen molar-refractivity contribution >= 4 is 23.4 Å². The Kier molecular flexibility index (Phi) is 8.93. The molecule has 0 aliphatic carbocycles. The molecule has 21 heavy (non-hydrogen) atoms. The third-order valence-corrected chi connectivity index (χ3v) is 3.85. The normalized spacial score (nSPS) is 11.6. The number of hydrogen-bond acceptors (Lipinski definition) is 5. The van der Waals surface area contributed by atoms with Crippen LogP contribution in [0, 0.1) is 0 Å². The van der Waals surface area contributed by atoms with Gasteiger partial charge in [-0.15, -0.1) is 11.3 Å². The molecule has 0 saturated carbocycles. The lowest BCUT2D eigenvalue weighted by molar-refractivity contribution is -0.131. The monoisotopic (exact) mass is 313 g/mol. The lowest BCUT2D eigenvalue weighted by Gasteiger charge is -2.21. The van der Waals surface area contributed by atoms with Gasteiger partial charge in [-0.3, -0.25) is 4.90 Å². The molecule has 5 nitrogen and oxygen atoms in total. The van der Waals surface area contributed by atoms with Crippen LogP contribution in [0.3, 0.4) is 0 Å². The summed E-state index contributed by atoms with van der Waals surface area (Å²) in [5.41, 5.74) is 0.931. The number of carboxylic acids is 1. The highest BCUT2D eigenvalue weighted by atomic mass is 32.1. The number of methoxy groups -OCH3 is 2. The molecule has 0 unspecified atom stereocenters. The highest BCUT2D eigenvalue weighted by Gasteiger charge is 2.07. The molecule has 0 bridgehead atoms. The maximum absolute atomic E-state index is 10.5. The number of carbonyl (C=O) groups is 1. The van der Waals surface area contributed by atoms with Gasteiger partial charge in [0.25, 0.3) is 0 Å². The average Bonchev–Trinajstić information content (AvgIpc) is 2.90. The van der Waals surface area contributed by atoms with E-state index in [-0.39, 0.29) is 0 Å². The molecule has 1 rings (SSSR count). The largest absolute Gasteiger partial charge is 0.478 e. The van der Waals surface area contributed by atoms with E-state index in [2.05, 4.69) is 4.90 Å². The van der Waals surface area contributed by atoms with Gasteiger partial charge in [0.15, 0.2) is 0 Å². The first-order valence-corrected chi connectivity index (χ1v) is 7.72. The molecular weight excluding hydrogens is 290 g/mol. The van der Waals surface area contributed by atoms with Gasteiger partial charge in [-0.2, -0.15) is 0 Å². The third kappa shape index (κ3) is 7.96. The zero-order chi connectivity index (χ0) is 15.5. The molecule has 0 spiro atoms. The van der Waals surface area contributed by atoms with Crippen LogP contribution >= 0.6 is 11.3 Å². The van der Waals surface area contributed by atoms with Crippen LogP contribution in [0.4, 0.5) is 0 Å². The first-order chi connectivity index (χ1) is 10.2. The number of rotatable bonds is 11. The van der Waals surface area contributed by atoms with Crippen LogP contribution in [-0.2, 0) is 20.8 Å². The molecule has 1 aromatic heterocycles. The second-order valence-electron chi connectivity index (χ2n) is 4.63. The molecule has 0 aliphatic heterocycles. The molecular formula is C15H23NO4S. The van der Waals surface area contributed by atoms with Gasteiger partial charge in [-0.1, -0.05) is 0 Å². The third-order valence-electron chi connectivity index (χ3n) is 2.91. The standard InChI is InChI=1S/C15H23NO4S/c1-19-8-3-6-16(7-9-20-2)11-14-10-13(12-21-14)4-5-15(17)18/h4-5,10,12H,3,6-9,11H2,1-2H3,(H,17,18). The van der Waals surface area contributed by atoms with Gasteiger partial charge < -0.3 is 14.6 Å². The Hall–Kier alpha value is -1.21. The van der Waals surface area contributed by atoms with E-state index in [1.54, 1.807) is 31.6 Å². The Morgan fingerprint density at radius 3 is 2.76 bits per heavy atom. The van der Waals surface area contributed by atoms with E-state index in [1.165, 1.54) is 4.88 Å². The molecule has 0 radical (unpaired) electrons.